The van der Waals surface area contributed by atoms with Crippen LogP contribution in [0.2, 0.25) is 0 Å². The van der Waals surface area contributed by atoms with Gasteiger partial charge in [-0.2, -0.15) is 0 Å². The summed E-state index contributed by atoms with van der Waals surface area (Å²) in [5.41, 5.74) is 2.33. The van der Waals surface area contributed by atoms with Gasteiger partial charge in [0.15, 0.2) is 0 Å². The largest absolute Gasteiger partial charge is 0.376 e. The highest BCUT2D eigenvalue weighted by Gasteiger charge is 2.35. The van der Waals surface area contributed by atoms with Crippen molar-refractivity contribution >= 4 is 22.8 Å². The molecule has 7 heteroatoms. The number of nitrogens with one attached hydrogen (secondary N) is 2. The number of carbonyl (C=O) groups excluding carboxylic acids is 2. The molecule has 2 aliphatic rings. The van der Waals surface area contributed by atoms with Crippen LogP contribution in [-0.4, -0.2) is 52.0 Å². The van der Waals surface area contributed by atoms with Gasteiger partial charge in [0, 0.05) is 37.5 Å². The lowest BCUT2D eigenvalue weighted by molar-refractivity contribution is -0.126. The number of hydrogen-bond donors (Lipinski definition) is 2. The van der Waals surface area contributed by atoms with Crippen molar-refractivity contribution in [3.63, 3.8) is 0 Å². The van der Waals surface area contributed by atoms with Gasteiger partial charge in [-0.3, -0.25) is 9.59 Å². The van der Waals surface area contributed by atoms with Gasteiger partial charge in [0.25, 0.3) is 5.91 Å². The fraction of sp³-hybridized carbons (Fsp3) is 0.500. The molecule has 0 bridgehead atoms. The Kier molecular flexibility index (Phi) is 4.17. The Balaban J connectivity index is 1.53. The van der Waals surface area contributed by atoms with Crippen molar-refractivity contribution in [2.75, 3.05) is 13.2 Å². The zero-order valence-corrected chi connectivity index (χ0v) is 14.2. The average molecular weight is 342 g/mol. The van der Waals surface area contributed by atoms with E-state index in [0.29, 0.717) is 25.1 Å². The fourth-order valence-corrected chi connectivity index (χ4v) is 3.77. The summed E-state index contributed by atoms with van der Waals surface area (Å²) in [4.78, 5) is 34.6. The first-order valence-electron chi connectivity index (χ1n) is 8.84. The van der Waals surface area contributed by atoms with E-state index in [4.69, 9.17) is 4.74 Å². The maximum atomic E-state index is 12.9. The summed E-state index contributed by atoms with van der Waals surface area (Å²) >= 11 is 0. The molecule has 0 spiro atoms. The second-order valence-corrected chi connectivity index (χ2v) is 6.63. The highest BCUT2D eigenvalue weighted by molar-refractivity contribution is 6.10. The molecule has 1 saturated heterocycles. The van der Waals surface area contributed by atoms with E-state index in [9.17, 15) is 9.59 Å². The lowest BCUT2D eigenvalue weighted by atomic mass is 10.00. The Morgan fingerprint density at radius 2 is 2.44 bits per heavy atom. The van der Waals surface area contributed by atoms with E-state index < -0.39 is 6.04 Å². The minimum absolute atomic E-state index is 0.0922. The normalized spacial score (nSPS) is 20.9. The second kappa shape index (κ2) is 6.48. The maximum absolute atomic E-state index is 12.9. The van der Waals surface area contributed by atoms with Gasteiger partial charge in [0.05, 0.1) is 11.7 Å². The minimum Gasteiger partial charge on any atom is -0.376 e. The smallest absolute Gasteiger partial charge is 0.257 e. The number of ether oxygens (including phenoxy) is 1. The monoisotopic (exact) mass is 342 g/mol. The van der Waals surface area contributed by atoms with Crippen molar-refractivity contribution in [1.29, 1.82) is 0 Å². The first-order chi connectivity index (χ1) is 12.2. The number of nitrogens with zero attached hydrogens (tertiary/aromatic N) is 2. The zero-order valence-electron chi connectivity index (χ0n) is 14.2. The van der Waals surface area contributed by atoms with Crippen LogP contribution in [0.5, 0.6) is 0 Å². The van der Waals surface area contributed by atoms with E-state index >= 15 is 0 Å². The van der Waals surface area contributed by atoms with Crippen LogP contribution in [0.15, 0.2) is 18.5 Å². The van der Waals surface area contributed by atoms with Gasteiger partial charge in [-0.15, -0.1) is 0 Å². The molecule has 132 valence electrons. The van der Waals surface area contributed by atoms with Crippen LogP contribution in [0, 0.1) is 0 Å². The molecule has 0 radical (unpaired) electrons. The number of hydrogen-bond acceptors (Lipinski definition) is 4. The fourth-order valence-electron chi connectivity index (χ4n) is 3.77. The van der Waals surface area contributed by atoms with Crippen molar-refractivity contribution in [2.24, 2.45) is 0 Å². The molecule has 4 rings (SSSR count). The van der Waals surface area contributed by atoms with Crippen LogP contribution in [0.1, 0.15) is 42.1 Å². The number of amides is 2. The first kappa shape index (κ1) is 16.1. The summed E-state index contributed by atoms with van der Waals surface area (Å²) in [7, 11) is 0. The number of rotatable bonds is 5. The summed E-state index contributed by atoms with van der Waals surface area (Å²) in [5, 5.41) is 3.83. The number of aromatic nitrogens is 2. The van der Waals surface area contributed by atoms with Crippen LogP contribution in [0.4, 0.5) is 0 Å². The summed E-state index contributed by atoms with van der Waals surface area (Å²) in [5.74, 6) is -0.235. The Bertz CT molecular complexity index is 810. The van der Waals surface area contributed by atoms with Crippen LogP contribution >= 0.6 is 0 Å². The predicted octanol–water partition coefficient (Wildman–Crippen LogP) is 1.59. The molecule has 2 amide bonds. The van der Waals surface area contributed by atoms with E-state index in [1.807, 2.05) is 13.0 Å². The van der Waals surface area contributed by atoms with Gasteiger partial charge in [-0.25, -0.2) is 4.98 Å². The second-order valence-electron chi connectivity index (χ2n) is 6.63. The quantitative estimate of drug-likeness (QED) is 0.864. The molecular weight excluding hydrogens is 320 g/mol. The average Bonchev–Trinajstić information content (AvgIpc) is 3.28. The van der Waals surface area contributed by atoms with Crippen molar-refractivity contribution in [3.05, 3.63) is 29.6 Å². The third-order valence-corrected chi connectivity index (χ3v) is 5.09. The van der Waals surface area contributed by atoms with Crippen molar-refractivity contribution < 1.29 is 14.3 Å². The standard InChI is InChI=1S/C18H22N4O3/c1-2-14(17(23)21-8-12-4-3-7-25-12)22-10-11-5-6-19-16-15(11)13(9-20-16)18(22)24/h5-6,9,12,14H,2-4,7-8,10H2,1H3,(H,19,20)(H,21,23). The van der Waals surface area contributed by atoms with Crippen molar-refractivity contribution in [2.45, 2.75) is 44.9 Å². The van der Waals surface area contributed by atoms with E-state index in [0.717, 1.165) is 36.0 Å². The van der Waals surface area contributed by atoms with Gasteiger partial charge in [0.2, 0.25) is 5.91 Å². The van der Waals surface area contributed by atoms with Gasteiger partial charge in [-0.1, -0.05) is 6.92 Å². The molecule has 2 aromatic rings. The third-order valence-electron chi connectivity index (χ3n) is 5.09. The first-order valence-corrected chi connectivity index (χ1v) is 8.84. The molecule has 25 heavy (non-hydrogen) atoms. The molecule has 7 nitrogen and oxygen atoms in total. The Morgan fingerprint density at radius 3 is 3.20 bits per heavy atom. The van der Waals surface area contributed by atoms with Gasteiger partial charge in [0.1, 0.15) is 11.7 Å². The number of H-pyrrole nitrogens is 1. The van der Waals surface area contributed by atoms with Gasteiger partial charge < -0.3 is 19.9 Å². The van der Waals surface area contributed by atoms with E-state index in [-0.39, 0.29) is 17.9 Å². The number of aromatic amines is 1. The molecule has 2 atom stereocenters. The van der Waals surface area contributed by atoms with Gasteiger partial charge >= 0.3 is 0 Å². The molecule has 0 aliphatic carbocycles. The lowest BCUT2D eigenvalue weighted by Crippen LogP contribution is -2.51. The molecule has 1 fully saturated rings. The van der Waals surface area contributed by atoms with E-state index in [2.05, 4.69) is 15.3 Å². The van der Waals surface area contributed by atoms with Crippen LogP contribution in [0.3, 0.4) is 0 Å². The highest BCUT2D eigenvalue weighted by atomic mass is 16.5. The molecule has 4 heterocycles. The Morgan fingerprint density at radius 1 is 1.56 bits per heavy atom. The number of pyridine rings is 1. The van der Waals surface area contributed by atoms with Crippen LogP contribution in [0.25, 0.3) is 11.0 Å². The topological polar surface area (TPSA) is 87.3 Å². The van der Waals surface area contributed by atoms with Crippen molar-refractivity contribution in [1.82, 2.24) is 20.2 Å². The molecule has 2 aromatic heterocycles. The Hall–Kier alpha value is -2.41. The highest BCUT2D eigenvalue weighted by Crippen LogP contribution is 2.30. The third kappa shape index (κ3) is 2.78. The summed E-state index contributed by atoms with van der Waals surface area (Å²) in [6.07, 6.45) is 6.08. The maximum Gasteiger partial charge on any atom is 0.257 e. The molecule has 0 saturated carbocycles. The molecule has 0 aromatic carbocycles. The van der Waals surface area contributed by atoms with Crippen LogP contribution in [-0.2, 0) is 16.1 Å². The zero-order chi connectivity index (χ0) is 17.4. The predicted molar refractivity (Wildman–Crippen MR) is 92.0 cm³/mol. The van der Waals surface area contributed by atoms with Gasteiger partial charge in [-0.05, 0) is 30.9 Å². The van der Waals surface area contributed by atoms with Crippen molar-refractivity contribution in [3.8, 4) is 0 Å². The molecule has 2 unspecified atom stereocenters. The summed E-state index contributed by atoms with van der Waals surface area (Å²) < 4.78 is 5.55. The molecule has 2 N–H and O–H groups in total. The molecular formula is C18H22N4O3. The Labute approximate surface area is 145 Å². The van der Waals surface area contributed by atoms with Crippen LogP contribution < -0.4 is 5.32 Å². The lowest BCUT2D eigenvalue weighted by Gasteiger charge is -2.33. The SMILES string of the molecule is CCC(C(=O)NCC1CCCO1)N1Cc2ccnc3[nH]cc(c23)C1=O. The minimum atomic E-state index is -0.486. The number of carbonyl (C=O) groups is 2. The summed E-state index contributed by atoms with van der Waals surface area (Å²) in [6.45, 7) is 3.62. The van der Waals surface area contributed by atoms with E-state index in [1.165, 1.54) is 0 Å². The molecule has 2 aliphatic heterocycles. The summed E-state index contributed by atoms with van der Waals surface area (Å²) in [6, 6.07) is 1.43. The van der Waals surface area contributed by atoms with E-state index in [1.54, 1.807) is 17.3 Å².